The van der Waals surface area contributed by atoms with Gasteiger partial charge in [-0.05, 0) is 41.3 Å². The summed E-state index contributed by atoms with van der Waals surface area (Å²) in [6.07, 6.45) is -3.68. The van der Waals surface area contributed by atoms with Gasteiger partial charge in [0.25, 0.3) is 5.56 Å². The Kier molecular flexibility index (Phi) is 5.64. The Hall–Kier alpha value is -2.94. The van der Waals surface area contributed by atoms with Gasteiger partial charge in [0.2, 0.25) is 5.91 Å². The first-order valence-electron chi connectivity index (χ1n) is 8.10. The van der Waals surface area contributed by atoms with E-state index in [0.29, 0.717) is 16.2 Å². The maximum absolute atomic E-state index is 13.2. The highest BCUT2D eigenvalue weighted by atomic mass is 32.1. The second-order valence-corrected chi connectivity index (χ2v) is 6.90. The third kappa shape index (κ3) is 4.48. The van der Waals surface area contributed by atoms with Crippen molar-refractivity contribution in [2.75, 3.05) is 0 Å². The predicted octanol–water partition coefficient (Wildman–Crippen LogP) is 3.97. The zero-order valence-electron chi connectivity index (χ0n) is 14.2. The fraction of sp³-hybridized carbons (Fsp3) is 0.158. The molecule has 2 heterocycles. The minimum absolute atomic E-state index is 0.435. The number of alkyl halides is 3. The quantitative estimate of drug-likeness (QED) is 0.647. The van der Waals surface area contributed by atoms with Crippen LogP contribution in [0.15, 0.2) is 64.9 Å². The van der Waals surface area contributed by atoms with Gasteiger partial charge in [-0.25, -0.2) is 4.39 Å². The lowest BCUT2D eigenvalue weighted by molar-refractivity contribution is -0.139. The van der Waals surface area contributed by atoms with E-state index in [-0.39, 0.29) is 0 Å². The normalized spacial score (nSPS) is 12.6. The van der Waals surface area contributed by atoms with Gasteiger partial charge >= 0.3 is 6.18 Å². The van der Waals surface area contributed by atoms with Gasteiger partial charge in [-0.1, -0.05) is 18.2 Å². The lowest BCUT2D eigenvalue weighted by atomic mass is 10.1. The van der Waals surface area contributed by atoms with Crippen LogP contribution in [0.25, 0.3) is 0 Å². The average molecular weight is 410 g/mol. The van der Waals surface area contributed by atoms with Crippen LogP contribution in [0.3, 0.4) is 0 Å². The molecule has 0 aliphatic heterocycles. The molecule has 1 aromatic carbocycles. The molecule has 0 bridgehead atoms. The number of pyridine rings is 1. The number of carbonyl (C=O) groups excluding carboxylic acids is 1. The molecule has 0 radical (unpaired) electrons. The largest absolute Gasteiger partial charge is 0.421 e. The Morgan fingerprint density at radius 2 is 1.82 bits per heavy atom. The molecule has 2 aromatic heterocycles. The van der Waals surface area contributed by atoms with Crippen LogP contribution in [0.2, 0.25) is 0 Å². The van der Waals surface area contributed by atoms with Gasteiger partial charge in [0.1, 0.15) is 17.9 Å². The van der Waals surface area contributed by atoms with Gasteiger partial charge in [-0.3, -0.25) is 9.59 Å². The van der Waals surface area contributed by atoms with Gasteiger partial charge in [0, 0.05) is 11.1 Å². The van der Waals surface area contributed by atoms with Crippen molar-refractivity contribution in [3.05, 3.63) is 92.3 Å². The second-order valence-electron chi connectivity index (χ2n) is 5.92. The topological polar surface area (TPSA) is 51.1 Å². The number of rotatable bonds is 5. The maximum Gasteiger partial charge on any atom is 0.421 e. The predicted molar refractivity (Wildman–Crippen MR) is 96.4 cm³/mol. The van der Waals surface area contributed by atoms with E-state index in [4.69, 9.17) is 0 Å². The number of thiophene rings is 1. The summed E-state index contributed by atoms with van der Waals surface area (Å²) in [5, 5.41) is 4.50. The van der Waals surface area contributed by atoms with Gasteiger partial charge in [-0.15, -0.1) is 11.3 Å². The van der Waals surface area contributed by atoms with Crippen LogP contribution in [0.4, 0.5) is 17.6 Å². The number of nitrogens with one attached hydrogen (secondary N) is 1. The molecule has 0 spiro atoms. The SMILES string of the molecule is O=C(Cn1cccc(C(F)(F)F)c1=O)N[C@@H](c1ccc(F)cc1)c1cccs1. The van der Waals surface area contributed by atoms with Crippen LogP contribution in [0, 0.1) is 5.82 Å². The van der Waals surface area contributed by atoms with Crippen molar-refractivity contribution in [2.24, 2.45) is 0 Å². The summed E-state index contributed by atoms with van der Waals surface area (Å²) in [7, 11) is 0. The average Bonchev–Trinajstić information content (AvgIpc) is 3.16. The Morgan fingerprint density at radius 3 is 2.43 bits per heavy atom. The summed E-state index contributed by atoms with van der Waals surface area (Å²) in [6, 6.07) is 10.2. The van der Waals surface area contributed by atoms with E-state index >= 15 is 0 Å². The molecule has 0 saturated carbocycles. The van der Waals surface area contributed by atoms with Gasteiger partial charge in [0.15, 0.2) is 0 Å². The molecule has 146 valence electrons. The van der Waals surface area contributed by atoms with Gasteiger partial charge in [-0.2, -0.15) is 13.2 Å². The highest BCUT2D eigenvalue weighted by molar-refractivity contribution is 7.10. The number of hydrogen-bond acceptors (Lipinski definition) is 3. The molecular weight excluding hydrogens is 396 g/mol. The fourth-order valence-electron chi connectivity index (χ4n) is 2.67. The molecule has 3 aromatic rings. The summed E-state index contributed by atoms with van der Waals surface area (Å²) in [4.78, 5) is 25.2. The number of benzene rings is 1. The zero-order chi connectivity index (χ0) is 20.3. The maximum atomic E-state index is 13.2. The monoisotopic (exact) mass is 410 g/mol. The standard InChI is InChI=1S/C19H14F4N2O2S/c20-13-7-5-12(6-8-13)17(15-4-2-10-28-15)24-16(26)11-25-9-1-3-14(18(25)27)19(21,22)23/h1-10,17H,11H2,(H,24,26)/t17-/m0/s1. The lowest BCUT2D eigenvalue weighted by Gasteiger charge is -2.19. The molecule has 28 heavy (non-hydrogen) atoms. The Balaban J connectivity index is 1.84. The van der Waals surface area contributed by atoms with Crippen molar-refractivity contribution in [3.63, 3.8) is 0 Å². The van der Waals surface area contributed by atoms with Crippen LogP contribution < -0.4 is 10.9 Å². The van der Waals surface area contributed by atoms with E-state index in [1.807, 2.05) is 0 Å². The second kappa shape index (κ2) is 7.97. The molecule has 0 aliphatic carbocycles. The minimum atomic E-state index is -4.80. The van der Waals surface area contributed by atoms with Gasteiger partial charge in [0.05, 0.1) is 6.04 Å². The molecule has 1 atom stereocenters. The third-order valence-electron chi connectivity index (χ3n) is 3.98. The van der Waals surface area contributed by atoms with Crippen molar-refractivity contribution in [3.8, 4) is 0 Å². The molecule has 0 fully saturated rings. The summed E-state index contributed by atoms with van der Waals surface area (Å²) < 4.78 is 52.5. The van der Waals surface area contributed by atoms with Crippen molar-refractivity contribution in [2.45, 2.75) is 18.8 Å². The highest BCUT2D eigenvalue weighted by Gasteiger charge is 2.34. The van der Waals surface area contributed by atoms with Crippen molar-refractivity contribution < 1.29 is 22.4 Å². The summed E-state index contributed by atoms with van der Waals surface area (Å²) in [6.45, 7) is -0.578. The number of nitrogens with zero attached hydrogens (tertiary/aromatic N) is 1. The summed E-state index contributed by atoms with van der Waals surface area (Å²) in [5.74, 6) is -1.08. The molecule has 9 heteroatoms. The van der Waals surface area contributed by atoms with E-state index in [2.05, 4.69) is 5.32 Å². The van der Waals surface area contributed by atoms with Crippen LogP contribution in [0.1, 0.15) is 22.0 Å². The Bertz CT molecular complexity index is 1010. The van der Waals surface area contributed by atoms with Crippen molar-refractivity contribution in [1.82, 2.24) is 9.88 Å². The summed E-state index contributed by atoms with van der Waals surface area (Å²) >= 11 is 1.36. The Morgan fingerprint density at radius 1 is 1.11 bits per heavy atom. The molecule has 3 rings (SSSR count). The number of hydrogen-bond donors (Lipinski definition) is 1. The van der Waals surface area contributed by atoms with Gasteiger partial charge < -0.3 is 9.88 Å². The highest BCUT2D eigenvalue weighted by Crippen LogP contribution is 2.27. The molecule has 1 amide bonds. The van der Waals surface area contributed by atoms with E-state index in [9.17, 15) is 27.2 Å². The first kappa shape index (κ1) is 19.8. The molecule has 4 nitrogen and oxygen atoms in total. The van der Waals surface area contributed by atoms with Crippen LogP contribution in [-0.4, -0.2) is 10.5 Å². The smallest absolute Gasteiger partial charge is 0.343 e. The number of halogens is 4. The summed E-state index contributed by atoms with van der Waals surface area (Å²) in [5.41, 5.74) is -2.02. The van der Waals surface area contributed by atoms with Crippen LogP contribution >= 0.6 is 11.3 Å². The zero-order valence-corrected chi connectivity index (χ0v) is 15.1. The number of amides is 1. The lowest BCUT2D eigenvalue weighted by Crippen LogP contribution is -2.36. The molecular formula is C19H14F4N2O2S. The van der Waals surface area contributed by atoms with Crippen molar-refractivity contribution in [1.29, 1.82) is 0 Å². The number of carbonyl (C=O) groups is 1. The van der Waals surface area contributed by atoms with Crippen LogP contribution in [0.5, 0.6) is 0 Å². The minimum Gasteiger partial charge on any atom is -0.343 e. The van der Waals surface area contributed by atoms with E-state index in [0.717, 1.165) is 17.1 Å². The third-order valence-corrected chi connectivity index (χ3v) is 4.91. The van der Waals surface area contributed by atoms with Crippen molar-refractivity contribution >= 4 is 17.2 Å². The molecule has 0 saturated heterocycles. The molecule has 0 unspecified atom stereocenters. The van der Waals surface area contributed by atoms with Crippen LogP contribution in [-0.2, 0) is 17.5 Å². The molecule has 0 aliphatic rings. The number of aromatic nitrogens is 1. The molecule has 1 N–H and O–H groups in total. The Labute approximate surface area is 161 Å². The van der Waals surface area contributed by atoms with E-state index in [1.54, 1.807) is 17.5 Å². The van der Waals surface area contributed by atoms with E-state index in [1.165, 1.54) is 35.6 Å². The fourth-order valence-corrected chi connectivity index (χ4v) is 3.47. The first-order valence-corrected chi connectivity index (χ1v) is 8.98. The van der Waals surface area contributed by atoms with E-state index < -0.39 is 41.6 Å². The first-order chi connectivity index (χ1) is 13.3.